The number of nitro groups is 1. The van der Waals surface area contributed by atoms with Gasteiger partial charge in [-0.1, -0.05) is 20.8 Å². The Hall–Kier alpha value is -2.42. The number of nitrogens with one attached hydrogen (secondary N) is 1. The highest BCUT2D eigenvalue weighted by atomic mass is 16.6. The summed E-state index contributed by atoms with van der Waals surface area (Å²) in [4.78, 5) is 33.3. The molecule has 1 aromatic rings. The van der Waals surface area contributed by atoms with E-state index in [1.807, 2.05) is 4.90 Å². The van der Waals surface area contributed by atoms with Crippen LogP contribution in [0.1, 0.15) is 33.6 Å². The highest BCUT2D eigenvalue weighted by Gasteiger charge is 2.27. The standard InChI is InChI=1S/C21H34N6O3/c1-16(2)19(25-8-6-17(3)7-9-25)15-23-21(28)26-12-10-24(11-13-26)18-4-5-20(22-14-18)27(29)30/h4-5,14,16-17,19H,6-13,15H2,1-3H3,(H,23,28). The molecule has 1 N–H and O–H groups in total. The number of piperidine rings is 1. The smallest absolute Gasteiger partial charge is 0.363 e. The minimum Gasteiger partial charge on any atom is -0.365 e. The first-order chi connectivity index (χ1) is 14.3. The van der Waals surface area contributed by atoms with Crippen LogP contribution in [0.2, 0.25) is 0 Å². The van der Waals surface area contributed by atoms with E-state index in [1.54, 1.807) is 6.07 Å². The third-order valence-corrected chi connectivity index (χ3v) is 6.37. The van der Waals surface area contributed by atoms with Crippen molar-refractivity contribution >= 4 is 17.5 Å². The average molecular weight is 419 g/mol. The normalized spacial score (nSPS) is 19.7. The molecule has 30 heavy (non-hydrogen) atoms. The number of pyridine rings is 1. The lowest BCUT2D eigenvalue weighted by atomic mass is 9.94. The second-order valence-electron chi connectivity index (χ2n) is 8.82. The van der Waals surface area contributed by atoms with E-state index in [2.05, 4.69) is 40.9 Å². The number of carbonyl (C=O) groups is 1. The average Bonchev–Trinajstić information content (AvgIpc) is 2.75. The number of rotatable bonds is 6. The van der Waals surface area contributed by atoms with Gasteiger partial charge in [-0.2, -0.15) is 0 Å². The van der Waals surface area contributed by atoms with Gasteiger partial charge in [0.2, 0.25) is 0 Å². The molecule has 0 bridgehead atoms. The van der Waals surface area contributed by atoms with Crippen LogP contribution >= 0.6 is 0 Å². The van der Waals surface area contributed by atoms with Gasteiger partial charge < -0.3 is 25.2 Å². The van der Waals surface area contributed by atoms with Crippen LogP contribution in [-0.4, -0.2) is 77.6 Å². The Kier molecular flexibility index (Phi) is 7.47. The van der Waals surface area contributed by atoms with Gasteiger partial charge in [0.1, 0.15) is 0 Å². The first kappa shape index (κ1) is 22.3. The van der Waals surface area contributed by atoms with E-state index in [1.165, 1.54) is 25.1 Å². The zero-order valence-corrected chi connectivity index (χ0v) is 18.3. The highest BCUT2D eigenvalue weighted by Crippen LogP contribution is 2.21. The molecule has 2 fully saturated rings. The molecule has 166 valence electrons. The van der Waals surface area contributed by atoms with Crippen molar-refractivity contribution in [3.63, 3.8) is 0 Å². The molecular weight excluding hydrogens is 384 g/mol. The van der Waals surface area contributed by atoms with Gasteiger partial charge >= 0.3 is 11.8 Å². The third-order valence-electron chi connectivity index (χ3n) is 6.37. The lowest BCUT2D eigenvalue weighted by Crippen LogP contribution is -2.55. The largest absolute Gasteiger partial charge is 0.365 e. The van der Waals surface area contributed by atoms with Crippen LogP contribution in [-0.2, 0) is 0 Å². The van der Waals surface area contributed by atoms with Crippen molar-refractivity contribution in [2.45, 2.75) is 39.7 Å². The predicted molar refractivity (Wildman–Crippen MR) is 117 cm³/mol. The van der Waals surface area contributed by atoms with E-state index >= 15 is 0 Å². The molecule has 0 aromatic carbocycles. The summed E-state index contributed by atoms with van der Waals surface area (Å²) in [5.41, 5.74) is 0.847. The van der Waals surface area contributed by atoms with Gasteiger partial charge in [0.05, 0.1) is 5.69 Å². The Bertz CT molecular complexity index is 710. The van der Waals surface area contributed by atoms with Crippen LogP contribution in [0.3, 0.4) is 0 Å². The highest BCUT2D eigenvalue weighted by molar-refractivity contribution is 5.74. The van der Waals surface area contributed by atoms with Crippen molar-refractivity contribution in [1.82, 2.24) is 20.1 Å². The van der Waals surface area contributed by atoms with Crippen molar-refractivity contribution in [3.8, 4) is 0 Å². The van der Waals surface area contributed by atoms with E-state index in [0.717, 1.165) is 24.7 Å². The van der Waals surface area contributed by atoms with Crippen molar-refractivity contribution in [2.24, 2.45) is 11.8 Å². The third kappa shape index (κ3) is 5.59. The molecule has 9 heteroatoms. The Labute approximate surface area is 178 Å². The fraction of sp³-hybridized carbons (Fsp3) is 0.714. The van der Waals surface area contributed by atoms with Gasteiger partial charge in [0, 0.05) is 44.8 Å². The lowest BCUT2D eigenvalue weighted by molar-refractivity contribution is -0.389. The Balaban J connectivity index is 1.47. The SMILES string of the molecule is CC1CCN(C(CNC(=O)N2CCN(c3ccc([N+](=O)[O-])nc3)CC2)C(C)C)CC1. The number of hydrogen-bond acceptors (Lipinski definition) is 6. The first-order valence-corrected chi connectivity index (χ1v) is 11.0. The second-order valence-corrected chi connectivity index (χ2v) is 8.82. The zero-order valence-electron chi connectivity index (χ0n) is 18.3. The summed E-state index contributed by atoms with van der Waals surface area (Å²) in [5, 5.41) is 13.9. The maximum Gasteiger partial charge on any atom is 0.363 e. The van der Waals surface area contributed by atoms with Crippen LogP contribution in [0.5, 0.6) is 0 Å². The number of carbonyl (C=O) groups excluding carboxylic acids is 1. The van der Waals surface area contributed by atoms with Crippen LogP contribution in [0.15, 0.2) is 18.3 Å². The Morgan fingerprint density at radius 3 is 2.40 bits per heavy atom. The summed E-state index contributed by atoms with van der Waals surface area (Å²) in [7, 11) is 0. The topological polar surface area (TPSA) is 94.9 Å². The summed E-state index contributed by atoms with van der Waals surface area (Å²) < 4.78 is 0. The second kappa shape index (κ2) is 10.1. The Morgan fingerprint density at radius 1 is 1.20 bits per heavy atom. The summed E-state index contributed by atoms with van der Waals surface area (Å²) >= 11 is 0. The van der Waals surface area contributed by atoms with E-state index in [4.69, 9.17) is 0 Å². The van der Waals surface area contributed by atoms with E-state index in [0.29, 0.717) is 44.7 Å². The minimum atomic E-state index is -0.499. The monoisotopic (exact) mass is 418 g/mol. The molecule has 0 saturated carbocycles. The number of piperazine rings is 1. The van der Waals surface area contributed by atoms with Crippen LogP contribution in [0.4, 0.5) is 16.3 Å². The van der Waals surface area contributed by atoms with Gasteiger partial charge in [-0.05, 0) is 53.7 Å². The van der Waals surface area contributed by atoms with Crippen LogP contribution in [0.25, 0.3) is 0 Å². The van der Waals surface area contributed by atoms with Crippen molar-refractivity contribution in [2.75, 3.05) is 50.7 Å². The lowest BCUT2D eigenvalue weighted by Gasteiger charge is -2.40. The summed E-state index contributed by atoms with van der Waals surface area (Å²) in [5.74, 6) is 1.13. The van der Waals surface area contributed by atoms with E-state index in [-0.39, 0.29) is 11.8 Å². The molecule has 0 spiro atoms. The van der Waals surface area contributed by atoms with E-state index < -0.39 is 4.92 Å². The summed E-state index contributed by atoms with van der Waals surface area (Å²) in [6.45, 7) is 12.3. The van der Waals surface area contributed by atoms with Gasteiger partial charge in [-0.15, -0.1) is 0 Å². The number of aromatic nitrogens is 1. The molecule has 2 amide bonds. The molecule has 2 aliphatic heterocycles. The van der Waals surface area contributed by atoms with Gasteiger partial charge in [-0.3, -0.25) is 4.90 Å². The number of anilines is 1. The molecule has 1 atom stereocenters. The maximum atomic E-state index is 12.7. The minimum absolute atomic E-state index is 0.00694. The van der Waals surface area contributed by atoms with Crippen LogP contribution in [0, 0.1) is 22.0 Å². The van der Waals surface area contributed by atoms with Gasteiger partial charge in [-0.25, -0.2) is 4.79 Å². The fourth-order valence-corrected chi connectivity index (χ4v) is 4.29. The number of urea groups is 1. The molecule has 0 radical (unpaired) electrons. The number of likely N-dealkylation sites (tertiary alicyclic amines) is 1. The fourth-order valence-electron chi connectivity index (χ4n) is 4.29. The van der Waals surface area contributed by atoms with Crippen molar-refractivity contribution < 1.29 is 9.72 Å². The molecule has 9 nitrogen and oxygen atoms in total. The predicted octanol–water partition coefficient (Wildman–Crippen LogP) is 2.58. The van der Waals surface area contributed by atoms with Crippen molar-refractivity contribution in [1.29, 1.82) is 0 Å². The molecule has 3 rings (SSSR count). The molecule has 0 aliphatic carbocycles. The molecule has 2 aliphatic rings. The van der Waals surface area contributed by atoms with Gasteiger partial charge in [0.25, 0.3) is 0 Å². The van der Waals surface area contributed by atoms with E-state index in [9.17, 15) is 14.9 Å². The number of nitrogens with zero attached hydrogens (tertiary/aromatic N) is 5. The van der Waals surface area contributed by atoms with Crippen LogP contribution < -0.4 is 10.2 Å². The first-order valence-electron chi connectivity index (χ1n) is 11.0. The molecule has 2 saturated heterocycles. The zero-order chi connectivity index (χ0) is 21.7. The summed E-state index contributed by atoms with van der Waals surface area (Å²) in [6, 6.07) is 3.50. The molecule has 1 aromatic heterocycles. The quantitative estimate of drug-likeness (QED) is 0.564. The van der Waals surface area contributed by atoms with Gasteiger partial charge in [0.15, 0.2) is 6.20 Å². The summed E-state index contributed by atoms with van der Waals surface area (Å²) in [6.07, 6.45) is 3.99. The molecule has 3 heterocycles. The number of hydrogen-bond donors (Lipinski definition) is 1. The molecular formula is C21H34N6O3. The Morgan fingerprint density at radius 2 is 1.87 bits per heavy atom. The maximum absolute atomic E-state index is 12.7. The number of amides is 2. The van der Waals surface area contributed by atoms with Crippen molar-refractivity contribution in [3.05, 3.63) is 28.4 Å². The molecule has 1 unspecified atom stereocenters.